The highest BCUT2D eigenvalue weighted by Gasteiger charge is 2.33. The first-order chi connectivity index (χ1) is 15.5. The standard InChI is InChI=1S/C26H27N5O/c1-15-10-18(13-29-24(15)12-27)17-4-9-23-21(11-17)25(31-20-7-5-19(28)6-8-20)22(14-30-23)26(32)16-2-3-16/h4,9-11,13-14,16,19-20H,2-3,5-8,28H2,1H3,(H,30,31). The Labute approximate surface area is 187 Å². The lowest BCUT2D eigenvalue weighted by molar-refractivity contribution is 0.0968. The summed E-state index contributed by atoms with van der Waals surface area (Å²) in [7, 11) is 0. The molecule has 2 saturated carbocycles. The van der Waals surface area contributed by atoms with E-state index in [2.05, 4.69) is 27.4 Å². The minimum absolute atomic E-state index is 0.128. The van der Waals surface area contributed by atoms with Crippen LogP contribution in [0.15, 0.2) is 36.7 Å². The zero-order valence-electron chi connectivity index (χ0n) is 18.3. The van der Waals surface area contributed by atoms with Gasteiger partial charge in [-0.2, -0.15) is 5.26 Å². The SMILES string of the molecule is Cc1cc(-c2ccc3ncc(C(=O)C4CC4)c(NC4CCC(N)CC4)c3c2)cnc1C#N. The Morgan fingerprint density at radius 3 is 2.53 bits per heavy atom. The number of aromatic nitrogens is 2. The van der Waals surface area contributed by atoms with Gasteiger partial charge in [0, 0.05) is 41.3 Å². The molecule has 0 atom stereocenters. The molecule has 1 aromatic carbocycles. The Bertz CT molecular complexity index is 1230. The number of Topliss-reactive ketones (excluding diaryl/α,β-unsaturated/α-hetero) is 1. The number of ketones is 1. The number of benzene rings is 1. The fourth-order valence-electron chi connectivity index (χ4n) is 4.60. The third-order valence-corrected chi connectivity index (χ3v) is 6.72. The fraction of sp³-hybridized carbons (Fsp3) is 0.385. The Balaban J connectivity index is 1.60. The lowest BCUT2D eigenvalue weighted by Crippen LogP contribution is -2.33. The number of carbonyl (C=O) groups excluding carboxylic acids is 1. The minimum Gasteiger partial charge on any atom is -0.381 e. The first-order valence-corrected chi connectivity index (χ1v) is 11.4. The molecular weight excluding hydrogens is 398 g/mol. The molecular formula is C26H27N5O. The molecule has 2 aliphatic carbocycles. The van der Waals surface area contributed by atoms with Crippen LogP contribution in [0.1, 0.15) is 60.1 Å². The number of anilines is 1. The van der Waals surface area contributed by atoms with Crippen LogP contribution < -0.4 is 11.1 Å². The number of rotatable bonds is 5. The van der Waals surface area contributed by atoms with Crippen molar-refractivity contribution in [3.63, 3.8) is 0 Å². The first-order valence-electron chi connectivity index (χ1n) is 11.4. The van der Waals surface area contributed by atoms with E-state index in [0.29, 0.717) is 17.3 Å². The van der Waals surface area contributed by atoms with E-state index in [4.69, 9.17) is 5.73 Å². The molecule has 2 aromatic heterocycles. The van der Waals surface area contributed by atoms with Crippen LogP contribution in [-0.2, 0) is 0 Å². The van der Waals surface area contributed by atoms with Gasteiger partial charge in [0.1, 0.15) is 11.8 Å². The summed E-state index contributed by atoms with van der Waals surface area (Å²) in [5.74, 6) is 0.318. The predicted octanol–water partition coefficient (Wildman–Crippen LogP) is 4.75. The topological polar surface area (TPSA) is 105 Å². The minimum atomic E-state index is 0.128. The third kappa shape index (κ3) is 3.96. The van der Waals surface area contributed by atoms with E-state index in [1.54, 1.807) is 12.4 Å². The summed E-state index contributed by atoms with van der Waals surface area (Å²) >= 11 is 0. The zero-order valence-corrected chi connectivity index (χ0v) is 18.3. The number of fused-ring (bicyclic) bond motifs is 1. The summed E-state index contributed by atoms with van der Waals surface area (Å²) in [4.78, 5) is 22.0. The zero-order chi connectivity index (χ0) is 22.2. The molecule has 6 nitrogen and oxygen atoms in total. The number of pyridine rings is 2. The maximum atomic E-state index is 13.1. The van der Waals surface area contributed by atoms with E-state index in [-0.39, 0.29) is 17.7 Å². The molecule has 0 bridgehead atoms. The number of nitrogens with zero attached hydrogens (tertiary/aromatic N) is 3. The number of carbonyl (C=O) groups is 1. The van der Waals surface area contributed by atoms with E-state index in [0.717, 1.165) is 71.8 Å². The highest BCUT2D eigenvalue weighted by atomic mass is 16.1. The molecule has 162 valence electrons. The average Bonchev–Trinajstić information content (AvgIpc) is 3.65. The Kier molecular flexibility index (Phi) is 5.36. The summed E-state index contributed by atoms with van der Waals surface area (Å²) in [6.07, 6.45) is 9.39. The van der Waals surface area contributed by atoms with Gasteiger partial charge in [-0.15, -0.1) is 0 Å². The van der Waals surface area contributed by atoms with Crippen molar-refractivity contribution in [3.05, 3.63) is 53.5 Å². The molecule has 3 N–H and O–H groups in total. The molecule has 32 heavy (non-hydrogen) atoms. The number of hydrogen-bond donors (Lipinski definition) is 2. The van der Waals surface area contributed by atoms with E-state index in [1.807, 2.05) is 25.1 Å². The van der Waals surface area contributed by atoms with Crippen molar-refractivity contribution >= 4 is 22.4 Å². The fourth-order valence-corrected chi connectivity index (χ4v) is 4.60. The smallest absolute Gasteiger partial charge is 0.169 e. The monoisotopic (exact) mass is 425 g/mol. The van der Waals surface area contributed by atoms with Crippen molar-refractivity contribution in [1.29, 1.82) is 5.26 Å². The second-order valence-corrected chi connectivity index (χ2v) is 9.17. The van der Waals surface area contributed by atoms with Crippen LogP contribution in [0.25, 0.3) is 22.0 Å². The van der Waals surface area contributed by atoms with E-state index in [9.17, 15) is 10.1 Å². The van der Waals surface area contributed by atoms with E-state index >= 15 is 0 Å². The molecule has 0 saturated heterocycles. The van der Waals surface area contributed by atoms with Crippen molar-refractivity contribution in [1.82, 2.24) is 9.97 Å². The lowest BCUT2D eigenvalue weighted by Gasteiger charge is -2.29. The lowest BCUT2D eigenvalue weighted by atomic mass is 9.91. The molecule has 0 spiro atoms. The van der Waals surface area contributed by atoms with Crippen LogP contribution in [0.3, 0.4) is 0 Å². The van der Waals surface area contributed by atoms with Gasteiger partial charge in [0.2, 0.25) is 0 Å². The normalized spacial score (nSPS) is 20.7. The van der Waals surface area contributed by atoms with Crippen molar-refractivity contribution < 1.29 is 4.79 Å². The van der Waals surface area contributed by atoms with Gasteiger partial charge >= 0.3 is 0 Å². The first kappa shape index (κ1) is 20.6. The van der Waals surface area contributed by atoms with Gasteiger partial charge in [-0.3, -0.25) is 9.78 Å². The number of nitrogens with one attached hydrogen (secondary N) is 1. The van der Waals surface area contributed by atoms with Gasteiger partial charge in [-0.05, 0) is 74.8 Å². The van der Waals surface area contributed by atoms with Gasteiger partial charge in [-0.25, -0.2) is 4.98 Å². The van der Waals surface area contributed by atoms with Crippen LogP contribution in [0.5, 0.6) is 0 Å². The molecule has 6 heteroatoms. The third-order valence-electron chi connectivity index (χ3n) is 6.72. The Morgan fingerprint density at radius 1 is 1.06 bits per heavy atom. The Hall–Kier alpha value is -3.30. The van der Waals surface area contributed by atoms with E-state index < -0.39 is 0 Å². The van der Waals surface area contributed by atoms with Crippen molar-refractivity contribution in [2.24, 2.45) is 11.7 Å². The average molecular weight is 426 g/mol. The summed E-state index contributed by atoms with van der Waals surface area (Å²) in [5.41, 5.74) is 11.8. The second-order valence-electron chi connectivity index (χ2n) is 9.17. The predicted molar refractivity (Wildman–Crippen MR) is 125 cm³/mol. The molecule has 0 amide bonds. The number of nitriles is 1. The van der Waals surface area contributed by atoms with Gasteiger partial charge in [0.15, 0.2) is 5.78 Å². The quantitative estimate of drug-likeness (QED) is 0.572. The number of aryl methyl sites for hydroxylation is 1. The maximum Gasteiger partial charge on any atom is 0.169 e. The van der Waals surface area contributed by atoms with Crippen molar-refractivity contribution in [2.75, 3.05) is 5.32 Å². The highest BCUT2D eigenvalue weighted by Crippen LogP contribution is 2.38. The van der Waals surface area contributed by atoms with Crippen molar-refractivity contribution in [2.45, 2.75) is 57.5 Å². The van der Waals surface area contributed by atoms with Crippen LogP contribution in [0.4, 0.5) is 5.69 Å². The second kappa shape index (κ2) is 8.33. The molecule has 0 aliphatic heterocycles. The summed E-state index contributed by atoms with van der Waals surface area (Å²) in [6.45, 7) is 1.89. The molecule has 0 unspecified atom stereocenters. The van der Waals surface area contributed by atoms with Gasteiger partial charge in [0.25, 0.3) is 0 Å². The maximum absolute atomic E-state index is 13.1. The molecule has 5 rings (SSSR count). The van der Waals surface area contributed by atoms with Crippen molar-refractivity contribution in [3.8, 4) is 17.2 Å². The summed E-state index contributed by atoms with van der Waals surface area (Å²) in [5, 5.41) is 13.9. The molecule has 2 heterocycles. The Morgan fingerprint density at radius 2 is 1.84 bits per heavy atom. The molecule has 0 radical (unpaired) electrons. The number of nitrogens with two attached hydrogens (primary N) is 1. The van der Waals surface area contributed by atoms with Gasteiger partial charge in [-0.1, -0.05) is 6.07 Å². The van der Waals surface area contributed by atoms with Gasteiger partial charge in [0.05, 0.1) is 16.8 Å². The van der Waals surface area contributed by atoms with Gasteiger partial charge < -0.3 is 11.1 Å². The number of hydrogen-bond acceptors (Lipinski definition) is 6. The molecule has 2 aliphatic rings. The highest BCUT2D eigenvalue weighted by molar-refractivity contribution is 6.10. The summed E-state index contributed by atoms with van der Waals surface area (Å²) < 4.78 is 0. The van der Waals surface area contributed by atoms with Crippen LogP contribution >= 0.6 is 0 Å². The van der Waals surface area contributed by atoms with E-state index in [1.165, 1.54) is 0 Å². The molecule has 3 aromatic rings. The van der Waals surface area contributed by atoms with Crippen LogP contribution in [0, 0.1) is 24.2 Å². The summed E-state index contributed by atoms with van der Waals surface area (Å²) in [6, 6.07) is 10.8. The van der Waals surface area contributed by atoms with Crippen LogP contribution in [-0.4, -0.2) is 27.8 Å². The largest absolute Gasteiger partial charge is 0.381 e. The van der Waals surface area contributed by atoms with Crippen LogP contribution in [0.2, 0.25) is 0 Å². The molecule has 2 fully saturated rings.